The van der Waals surface area contributed by atoms with Crippen molar-refractivity contribution >= 4 is 41.0 Å². The van der Waals surface area contributed by atoms with Crippen LogP contribution < -0.4 is 4.98 Å². The first-order valence-electron chi connectivity index (χ1n) is 7.64. The van der Waals surface area contributed by atoms with Gasteiger partial charge in [-0.2, -0.15) is 11.2 Å². The highest BCUT2D eigenvalue weighted by molar-refractivity contribution is 8.29. The third-order valence-electron chi connectivity index (χ3n) is 2.48. The van der Waals surface area contributed by atoms with E-state index in [-0.39, 0.29) is 16.8 Å². The number of nitrogens with one attached hydrogen (secondary N) is 1. The third-order valence-corrected chi connectivity index (χ3v) is 9.24. The second kappa shape index (κ2) is 6.90. The maximum absolute atomic E-state index is 12.7. The molecular formula is C14H35NO2SSi3. The summed E-state index contributed by atoms with van der Waals surface area (Å²) in [7, 11) is -4.78. The van der Waals surface area contributed by atoms with Crippen molar-refractivity contribution in [3.63, 3.8) is 0 Å². The molecule has 126 valence electrons. The molecule has 7 heteroatoms. The van der Waals surface area contributed by atoms with Crippen LogP contribution in [0.5, 0.6) is 0 Å². The molecule has 0 aromatic heterocycles. The van der Waals surface area contributed by atoms with E-state index in [1.54, 1.807) is 0 Å². The maximum atomic E-state index is 12.7. The first kappa shape index (κ1) is 21.4. The second-order valence-electron chi connectivity index (χ2n) is 9.18. The van der Waals surface area contributed by atoms with Gasteiger partial charge < -0.3 is 9.41 Å². The topological polar surface area (TPSA) is 38.3 Å². The van der Waals surface area contributed by atoms with Crippen LogP contribution in [0.2, 0.25) is 58.9 Å². The van der Waals surface area contributed by atoms with Crippen molar-refractivity contribution in [3.05, 3.63) is 0 Å². The molecule has 0 fully saturated rings. The summed E-state index contributed by atoms with van der Waals surface area (Å²) in [4.78, 5) is 16.4. The van der Waals surface area contributed by atoms with Crippen molar-refractivity contribution in [3.8, 4) is 0 Å². The van der Waals surface area contributed by atoms with Gasteiger partial charge >= 0.3 is 5.97 Å². The Hall–Kier alpha value is 0.431. The van der Waals surface area contributed by atoms with Gasteiger partial charge in [-0.25, -0.2) is 0 Å². The average Bonchev–Trinajstić information content (AvgIpc) is 2.04. The van der Waals surface area contributed by atoms with E-state index in [2.05, 4.69) is 77.8 Å². The Morgan fingerprint density at radius 1 is 1.00 bits per heavy atom. The van der Waals surface area contributed by atoms with Crippen molar-refractivity contribution in [2.24, 2.45) is 0 Å². The lowest BCUT2D eigenvalue weighted by Gasteiger charge is -2.41. The minimum atomic E-state index is -1.87. The molecule has 0 bridgehead atoms. The van der Waals surface area contributed by atoms with Gasteiger partial charge in [0.1, 0.15) is 21.5 Å². The first-order chi connectivity index (χ1) is 8.93. The molecule has 3 nitrogen and oxygen atoms in total. The zero-order valence-corrected chi connectivity index (χ0v) is 19.6. The van der Waals surface area contributed by atoms with Crippen molar-refractivity contribution in [2.75, 3.05) is 0 Å². The Bertz CT molecular complexity index is 368. The molecule has 1 unspecified atom stereocenters. The summed E-state index contributed by atoms with van der Waals surface area (Å²) in [6.45, 7) is 24.2. The number of hydrogen-bond donors (Lipinski definition) is 1. The minimum Gasteiger partial charge on any atom is -0.519 e. The van der Waals surface area contributed by atoms with Crippen LogP contribution in [-0.2, 0) is 9.22 Å². The summed E-state index contributed by atoms with van der Waals surface area (Å²) < 4.78 is 5.66. The lowest BCUT2D eigenvalue weighted by Crippen LogP contribution is -2.61. The van der Waals surface area contributed by atoms with E-state index in [1.165, 1.54) is 0 Å². The SMILES string of the molecule is CC(C)(S[Si](C)(C)C)C(N[Si](C)(C)C)C(=O)O[Si](C)(C)C. The molecule has 0 aromatic carbocycles. The van der Waals surface area contributed by atoms with E-state index < -0.39 is 23.8 Å². The van der Waals surface area contributed by atoms with Crippen LogP contribution in [0.3, 0.4) is 0 Å². The number of carbonyl (C=O) groups is 1. The van der Waals surface area contributed by atoms with Crippen LogP contribution in [0, 0.1) is 0 Å². The molecule has 0 heterocycles. The number of carbonyl (C=O) groups excluding carboxylic acids is 1. The predicted molar refractivity (Wildman–Crippen MR) is 105 cm³/mol. The Kier molecular flexibility index (Phi) is 7.04. The number of rotatable bonds is 7. The molecule has 1 atom stereocenters. The standard InChI is InChI=1S/C14H35NO2SSi3/c1-14(2,18-21(9,10)11)12(15-19(3,4)5)13(16)17-20(6,7)8/h12,15H,1-11H3. The van der Waals surface area contributed by atoms with Gasteiger partial charge in [-0.1, -0.05) is 39.3 Å². The molecule has 0 aliphatic rings. The Morgan fingerprint density at radius 2 is 1.43 bits per heavy atom. The summed E-state index contributed by atoms with van der Waals surface area (Å²) in [5.74, 6) is -0.0626. The molecular weight excluding hydrogens is 330 g/mol. The highest BCUT2D eigenvalue weighted by atomic mass is 32.4. The fourth-order valence-corrected chi connectivity index (χ4v) is 11.3. The van der Waals surface area contributed by atoms with Gasteiger partial charge in [0.05, 0.1) is 0 Å². The molecule has 0 aliphatic heterocycles. The second-order valence-corrected chi connectivity index (χ2v) is 28.2. The minimum absolute atomic E-state index is 0.0626. The zero-order valence-electron chi connectivity index (χ0n) is 15.8. The normalized spacial score (nSPS) is 15.8. The van der Waals surface area contributed by atoms with Crippen molar-refractivity contribution in [2.45, 2.75) is 83.6 Å². The van der Waals surface area contributed by atoms with Crippen LogP contribution in [0.25, 0.3) is 0 Å². The molecule has 0 radical (unpaired) electrons. The molecule has 0 amide bonds. The van der Waals surface area contributed by atoms with Gasteiger partial charge in [-0.05, 0) is 33.5 Å². The van der Waals surface area contributed by atoms with E-state index >= 15 is 0 Å². The molecule has 1 N–H and O–H groups in total. The quantitative estimate of drug-likeness (QED) is 0.674. The Labute approximate surface area is 138 Å². The maximum Gasteiger partial charge on any atom is 0.310 e. The van der Waals surface area contributed by atoms with Crippen LogP contribution in [-0.4, -0.2) is 40.5 Å². The van der Waals surface area contributed by atoms with Crippen molar-refractivity contribution in [1.82, 2.24) is 4.98 Å². The van der Waals surface area contributed by atoms with Gasteiger partial charge in [-0.3, -0.25) is 4.79 Å². The van der Waals surface area contributed by atoms with Crippen molar-refractivity contribution < 1.29 is 9.22 Å². The smallest absolute Gasteiger partial charge is 0.310 e. The predicted octanol–water partition coefficient (Wildman–Crippen LogP) is 4.50. The Morgan fingerprint density at radius 3 is 1.71 bits per heavy atom. The summed E-state index contributed by atoms with van der Waals surface area (Å²) in [6, 6.07) is -0.229. The van der Waals surface area contributed by atoms with Gasteiger partial charge in [0.15, 0.2) is 0 Å². The molecule has 0 spiro atoms. The van der Waals surface area contributed by atoms with Crippen LogP contribution in [0.4, 0.5) is 0 Å². The van der Waals surface area contributed by atoms with E-state index in [1.807, 2.05) is 11.2 Å². The fourth-order valence-electron chi connectivity index (χ4n) is 2.16. The summed E-state index contributed by atoms with van der Waals surface area (Å²) in [5, 5.41) is 0. The van der Waals surface area contributed by atoms with E-state index in [0.29, 0.717) is 0 Å². The monoisotopic (exact) mass is 365 g/mol. The largest absolute Gasteiger partial charge is 0.519 e. The molecule has 0 aromatic rings. The summed E-state index contributed by atoms with van der Waals surface area (Å²) in [5.41, 5.74) is 0. The average molecular weight is 366 g/mol. The van der Waals surface area contributed by atoms with Crippen LogP contribution in [0.15, 0.2) is 0 Å². The van der Waals surface area contributed by atoms with E-state index in [4.69, 9.17) is 4.43 Å². The van der Waals surface area contributed by atoms with Gasteiger partial charge in [0.2, 0.25) is 8.32 Å². The van der Waals surface area contributed by atoms with Gasteiger partial charge in [-0.15, -0.1) is 0 Å². The molecule has 0 saturated carbocycles. The van der Waals surface area contributed by atoms with Crippen LogP contribution >= 0.6 is 11.2 Å². The molecule has 0 rings (SSSR count). The lowest BCUT2D eigenvalue weighted by atomic mass is 10.1. The molecule has 0 saturated heterocycles. The molecule has 21 heavy (non-hydrogen) atoms. The number of hydrogen-bond acceptors (Lipinski definition) is 4. The molecule has 0 aliphatic carbocycles. The lowest BCUT2D eigenvalue weighted by molar-refractivity contribution is -0.137. The first-order valence-corrected chi connectivity index (χ1v) is 19.6. The third kappa shape index (κ3) is 9.93. The highest BCUT2D eigenvalue weighted by Gasteiger charge is 2.43. The fraction of sp³-hybridized carbons (Fsp3) is 0.929. The summed E-state index contributed by atoms with van der Waals surface area (Å²) in [6.07, 6.45) is 0. The van der Waals surface area contributed by atoms with Crippen LogP contribution in [0.1, 0.15) is 13.8 Å². The zero-order chi connectivity index (χ0) is 17.3. The van der Waals surface area contributed by atoms with E-state index in [9.17, 15) is 4.79 Å². The van der Waals surface area contributed by atoms with Gasteiger partial charge in [0.25, 0.3) is 0 Å². The van der Waals surface area contributed by atoms with E-state index in [0.717, 1.165) is 0 Å². The van der Waals surface area contributed by atoms with Crippen molar-refractivity contribution in [1.29, 1.82) is 0 Å². The van der Waals surface area contributed by atoms with Gasteiger partial charge in [0, 0.05) is 4.75 Å². The Balaban J connectivity index is 5.36. The summed E-state index contributed by atoms with van der Waals surface area (Å²) >= 11 is 1.98. The highest BCUT2D eigenvalue weighted by Crippen LogP contribution is 2.37.